The standard InChI is InChI=1S/C14H19BrN2O/c1-10-4-5-11(9-13(10)15)14(18)17-8-6-12-3-2-7-16-12/h4-5,9,12,16H,2-3,6-8H2,1H3,(H,17,18)/t12-/m0/s1. The molecule has 2 N–H and O–H groups in total. The van der Waals surface area contributed by atoms with Gasteiger partial charge in [0.05, 0.1) is 0 Å². The van der Waals surface area contributed by atoms with Crippen molar-refractivity contribution in [1.29, 1.82) is 0 Å². The van der Waals surface area contributed by atoms with E-state index >= 15 is 0 Å². The van der Waals surface area contributed by atoms with Crippen LogP contribution in [0.3, 0.4) is 0 Å². The van der Waals surface area contributed by atoms with Gasteiger partial charge in [-0.25, -0.2) is 0 Å². The third-order valence-electron chi connectivity index (χ3n) is 3.37. The number of benzene rings is 1. The molecular formula is C14H19BrN2O. The van der Waals surface area contributed by atoms with Gasteiger partial charge in [-0.15, -0.1) is 0 Å². The number of nitrogens with one attached hydrogen (secondary N) is 2. The summed E-state index contributed by atoms with van der Waals surface area (Å²) in [5.41, 5.74) is 1.86. The maximum atomic E-state index is 11.9. The lowest BCUT2D eigenvalue weighted by Crippen LogP contribution is -2.30. The highest BCUT2D eigenvalue weighted by Gasteiger charge is 2.14. The van der Waals surface area contributed by atoms with Gasteiger partial charge < -0.3 is 10.6 Å². The van der Waals surface area contributed by atoms with Gasteiger partial charge in [-0.1, -0.05) is 22.0 Å². The second-order valence-corrected chi connectivity index (χ2v) is 5.66. The largest absolute Gasteiger partial charge is 0.352 e. The summed E-state index contributed by atoms with van der Waals surface area (Å²) in [5, 5.41) is 6.40. The summed E-state index contributed by atoms with van der Waals surface area (Å²) in [5.74, 6) is 0.00805. The maximum Gasteiger partial charge on any atom is 0.251 e. The Morgan fingerprint density at radius 2 is 2.39 bits per heavy atom. The minimum atomic E-state index is 0.00805. The van der Waals surface area contributed by atoms with Gasteiger partial charge in [0.2, 0.25) is 0 Å². The van der Waals surface area contributed by atoms with Crippen LogP contribution in [0.5, 0.6) is 0 Å². The van der Waals surface area contributed by atoms with Crippen LogP contribution in [-0.4, -0.2) is 25.0 Å². The highest BCUT2D eigenvalue weighted by Crippen LogP contribution is 2.17. The quantitative estimate of drug-likeness (QED) is 0.897. The molecule has 1 aromatic rings. The van der Waals surface area contributed by atoms with Crippen LogP contribution in [0.15, 0.2) is 22.7 Å². The molecule has 0 aromatic heterocycles. The van der Waals surface area contributed by atoms with E-state index < -0.39 is 0 Å². The Kier molecular flexibility index (Phi) is 4.78. The lowest BCUT2D eigenvalue weighted by molar-refractivity contribution is 0.0952. The molecule has 0 spiro atoms. The van der Waals surface area contributed by atoms with Crippen LogP contribution >= 0.6 is 15.9 Å². The summed E-state index contributed by atoms with van der Waals surface area (Å²) in [6.45, 7) is 3.86. The fraction of sp³-hybridized carbons (Fsp3) is 0.500. The Morgan fingerprint density at radius 1 is 1.56 bits per heavy atom. The predicted molar refractivity (Wildman–Crippen MR) is 76.9 cm³/mol. The van der Waals surface area contributed by atoms with Gasteiger partial charge in [-0.05, 0) is 50.4 Å². The Hall–Kier alpha value is -0.870. The lowest BCUT2D eigenvalue weighted by atomic mass is 10.1. The molecule has 1 heterocycles. The number of amides is 1. The Balaban J connectivity index is 1.81. The molecule has 0 aliphatic carbocycles. The van der Waals surface area contributed by atoms with Gasteiger partial charge in [-0.3, -0.25) is 4.79 Å². The molecule has 1 fully saturated rings. The molecule has 0 saturated carbocycles. The molecule has 0 unspecified atom stereocenters. The molecule has 2 rings (SSSR count). The van der Waals surface area contributed by atoms with Crippen molar-refractivity contribution in [3.05, 3.63) is 33.8 Å². The highest BCUT2D eigenvalue weighted by molar-refractivity contribution is 9.10. The Morgan fingerprint density at radius 3 is 3.06 bits per heavy atom. The number of hydrogen-bond donors (Lipinski definition) is 2. The average Bonchev–Trinajstić information content (AvgIpc) is 2.85. The molecule has 1 aromatic carbocycles. The topological polar surface area (TPSA) is 41.1 Å². The summed E-state index contributed by atoms with van der Waals surface area (Å²) >= 11 is 3.45. The fourth-order valence-corrected chi connectivity index (χ4v) is 2.58. The van der Waals surface area contributed by atoms with Crippen LogP contribution in [0, 0.1) is 6.92 Å². The Bertz CT molecular complexity index is 428. The van der Waals surface area contributed by atoms with Gasteiger partial charge in [0.15, 0.2) is 0 Å². The van der Waals surface area contributed by atoms with Crippen LogP contribution in [0.2, 0.25) is 0 Å². The van der Waals surface area contributed by atoms with Gasteiger partial charge in [0.25, 0.3) is 5.91 Å². The number of halogens is 1. The SMILES string of the molecule is Cc1ccc(C(=O)NCC[C@@H]2CCCN2)cc1Br. The second kappa shape index (κ2) is 6.34. The molecule has 0 radical (unpaired) electrons. The summed E-state index contributed by atoms with van der Waals surface area (Å²) in [4.78, 5) is 11.9. The van der Waals surface area contributed by atoms with E-state index in [-0.39, 0.29) is 5.91 Å². The summed E-state index contributed by atoms with van der Waals surface area (Å²) in [6, 6.07) is 6.27. The molecule has 3 nitrogen and oxygen atoms in total. The first-order valence-electron chi connectivity index (χ1n) is 6.44. The molecule has 1 amide bonds. The first-order chi connectivity index (χ1) is 8.66. The van der Waals surface area contributed by atoms with Crippen molar-refractivity contribution in [3.8, 4) is 0 Å². The molecule has 18 heavy (non-hydrogen) atoms. The van der Waals surface area contributed by atoms with E-state index in [4.69, 9.17) is 0 Å². The van der Waals surface area contributed by atoms with Crippen molar-refractivity contribution in [3.63, 3.8) is 0 Å². The van der Waals surface area contributed by atoms with Crippen molar-refractivity contribution >= 4 is 21.8 Å². The van der Waals surface area contributed by atoms with E-state index in [2.05, 4.69) is 26.6 Å². The average molecular weight is 311 g/mol. The second-order valence-electron chi connectivity index (χ2n) is 4.80. The molecule has 1 saturated heterocycles. The maximum absolute atomic E-state index is 11.9. The van der Waals surface area contributed by atoms with E-state index in [1.807, 2.05) is 25.1 Å². The first kappa shape index (κ1) is 13.6. The van der Waals surface area contributed by atoms with Gasteiger partial charge in [0.1, 0.15) is 0 Å². The third-order valence-corrected chi connectivity index (χ3v) is 4.23. The first-order valence-corrected chi connectivity index (χ1v) is 7.24. The zero-order valence-corrected chi connectivity index (χ0v) is 12.2. The molecule has 98 valence electrons. The van der Waals surface area contributed by atoms with E-state index in [9.17, 15) is 4.79 Å². The monoisotopic (exact) mass is 310 g/mol. The summed E-state index contributed by atoms with van der Waals surface area (Å²) in [6.07, 6.45) is 3.49. The van der Waals surface area contributed by atoms with Crippen LogP contribution in [-0.2, 0) is 0 Å². The number of rotatable bonds is 4. The van der Waals surface area contributed by atoms with Crippen molar-refractivity contribution in [2.24, 2.45) is 0 Å². The molecule has 1 atom stereocenters. The van der Waals surface area contributed by atoms with Gasteiger partial charge in [-0.2, -0.15) is 0 Å². The third kappa shape index (κ3) is 3.56. The van der Waals surface area contributed by atoms with Gasteiger partial charge >= 0.3 is 0 Å². The smallest absolute Gasteiger partial charge is 0.251 e. The Labute approximate surface area is 116 Å². The van der Waals surface area contributed by atoms with Crippen LogP contribution in [0.25, 0.3) is 0 Å². The number of hydrogen-bond acceptors (Lipinski definition) is 2. The normalized spacial score (nSPS) is 18.9. The van der Waals surface area contributed by atoms with Crippen molar-refractivity contribution in [2.45, 2.75) is 32.2 Å². The molecule has 0 bridgehead atoms. The number of carbonyl (C=O) groups excluding carboxylic acids is 1. The summed E-state index contributed by atoms with van der Waals surface area (Å²) in [7, 11) is 0. The van der Waals surface area contributed by atoms with E-state index in [0.29, 0.717) is 11.6 Å². The molecule has 1 aliphatic rings. The zero-order valence-electron chi connectivity index (χ0n) is 10.6. The number of carbonyl (C=O) groups is 1. The predicted octanol–water partition coefficient (Wildman–Crippen LogP) is 2.63. The van der Waals surface area contributed by atoms with E-state index in [0.717, 1.165) is 29.5 Å². The minimum Gasteiger partial charge on any atom is -0.352 e. The number of aryl methyl sites for hydroxylation is 1. The van der Waals surface area contributed by atoms with Crippen LogP contribution in [0.1, 0.15) is 35.2 Å². The van der Waals surface area contributed by atoms with E-state index in [1.165, 1.54) is 12.8 Å². The highest BCUT2D eigenvalue weighted by atomic mass is 79.9. The van der Waals surface area contributed by atoms with Crippen LogP contribution < -0.4 is 10.6 Å². The van der Waals surface area contributed by atoms with Crippen molar-refractivity contribution in [2.75, 3.05) is 13.1 Å². The van der Waals surface area contributed by atoms with E-state index in [1.54, 1.807) is 0 Å². The van der Waals surface area contributed by atoms with Crippen molar-refractivity contribution in [1.82, 2.24) is 10.6 Å². The van der Waals surface area contributed by atoms with Crippen molar-refractivity contribution < 1.29 is 4.79 Å². The molecule has 4 heteroatoms. The van der Waals surface area contributed by atoms with Crippen LogP contribution in [0.4, 0.5) is 0 Å². The minimum absolute atomic E-state index is 0.00805. The fourth-order valence-electron chi connectivity index (χ4n) is 2.20. The zero-order chi connectivity index (χ0) is 13.0. The molecular weight excluding hydrogens is 292 g/mol. The lowest BCUT2D eigenvalue weighted by Gasteiger charge is -2.11. The summed E-state index contributed by atoms with van der Waals surface area (Å²) < 4.78 is 0.979. The molecule has 1 aliphatic heterocycles. The van der Waals surface area contributed by atoms with Gasteiger partial charge in [0, 0.05) is 22.6 Å².